The lowest BCUT2D eigenvalue weighted by molar-refractivity contribution is -0.138. The standard InChI is InChI=1S/C23H22F6N8OS/c1-11-9-35(7-8-36(11)16(38)10-37-13(3)30-12(2)34-37)20-18(33-21(39-20)23(27,28)29)19-31-15-6-4-5-14(17(15)32-19)22(24,25)26/h4-6,11H,7-10H2,1-3H3,(H,31,32)/t11-/m1/s1. The third kappa shape index (κ3) is 5.16. The molecule has 1 amide bonds. The predicted octanol–water partition coefficient (Wildman–Crippen LogP) is 4.67. The number of aromatic amines is 1. The van der Waals surface area contributed by atoms with Gasteiger partial charge in [0.25, 0.3) is 0 Å². The third-order valence-electron chi connectivity index (χ3n) is 6.38. The lowest BCUT2D eigenvalue weighted by Crippen LogP contribution is -2.54. The van der Waals surface area contributed by atoms with Crippen LogP contribution in [0.25, 0.3) is 22.6 Å². The topological polar surface area (TPSA) is 95.8 Å². The number of alkyl halides is 6. The molecule has 5 rings (SSSR count). The number of anilines is 1. The maximum Gasteiger partial charge on any atom is 0.443 e. The number of nitrogens with one attached hydrogen (secondary N) is 1. The lowest BCUT2D eigenvalue weighted by Gasteiger charge is -2.40. The number of aromatic nitrogens is 6. The molecule has 1 saturated heterocycles. The van der Waals surface area contributed by atoms with Gasteiger partial charge in [-0.15, -0.1) is 0 Å². The SMILES string of the molecule is Cc1nc(C)n(CC(=O)N2CCN(c3sc(C(F)(F)F)nc3-c3nc4c(C(F)(F)F)cccc4[nH]3)C[C@H]2C)n1. The van der Waals surface area contributed by atoms with Gasteiger partial charge in [0.1, 0.15) is 34.4 Å². The summed E-state index contributed by atoms with van der Waals surface area (Å²) in [5.41, 5.74) is -1.59. The fraction of sp³-hybridized carbons (Fsp3) is 0.435. The number of hydrogen-bond acceptors (Lipinski definition) is 7. The Labute approximate surface area is 221 Å². The van der Waals surface area contributed by atoms with Crippen LogP contribution in [0.2, 0.25) is 0 Å². The molecule has 1 aromatic carbocycles. The molecule has 1 N–H and O–H groups in total. The average Bonchev–Trinajstić information content (AvgIpc) is 3.54. The minimum Gasteiger partial charge on any atom is -0.358 e. The van der Waals surface area contributed by atoms with Crippen LogP contribution in [0, 0.1) is 13.8 Å². The van der Waals surface area contributed by atoms with E-state index in [2.05, 4.69) is 25.0 Å². The molecule has 1 aliphatic heterocycles. The van der Waals surface area contributed by atoms with E-state index in [1.165, 1.54) is 16.8 Å². The molecule has 0 bridgehead atoms. The first-order chi connectivity index (χ1) is 18.2. The smallest absolute Gasteiger partial charge is 0.358 e. The molecule has 1 fully saturated rings. The number of carbonyl (C=O) groups is 1. The second-order valence-corrected chi connectivity index (χ2v) is 10.2. The zero-order chi connectivity index (χ0) is 28.3. The van der Waals surface area contributed by atoms with Gasteiger partial charge in [0, 0.05) is 25.7 Å². The second-order valence-electron chi connectivity index (χ2n) is 9.20. The van der Waals surface area contributed by atoms with Gasteiger partial charge in [-0.3, -0.25) is 4.79 Å². The molecular weight excluding hydrogens is 550 g/mol. The van der Waals surface area contributed by atoms with Crippen molar-refractivity contribution in [1.29, 1.82) is 0 Å². The van der Waals surface area contributed by atoms with Gasteiger partial charge in [0.15, 0.2) is 5.82 Å². The summed E-state index contributed by atoms with van der Waals surface area (Å²) in [6.45, 7) is 5.77. The van der Waals surface area contributed by atoms with Crippen LogP contribution in [0.15, 0.2) is 18.2 Å². The predicted molar refractivity (Wildman–Crippen MR) is 130 cm³/mol. The van der Waals surface area contributed by atoms with Gasteiger partial charge >= 0.3 is 12.4 Å². The molecule has 16 heteroatoms. The molecule has 0 spiro atoms. The van der Waals surface area contributed by atoms with Crippen molar-refractivity contribution in [3.8, 4) is 11.5 Å². The first-order valence-corrected chi connectivity index (χ1v) is 12.6. The number of thiazole rings is 1. The molecule has 1 aliphatic rings. The van der Waals surface area contributed by atoms with E-state index >= 15 is 0 Å². The molecule has 4 aromatic rings. The number of fused-ring (bicyclic) bond motifs is 1. The number of carbonyl (C=O) groups excluding carboxylic acids is 1. The zero-order valence-corrected chi connectivity index (χ0v) is 21.7. The van der Waals surface area contributed by atoms with Gasteiger partial charge in [-0.2, -0.15) is 31.4 Å². The van der Waals surface area contributed by atoms with Crippen LogP contribution in [0.4, 0.5) is 31.3 Å². The van der Waals surface area contributed by atoms with Crippen molar-refractivity contribution in [2.24, 2.45) is 0 Å². The van der Waals surface area contributed by atoms with Gasteiger partial charge in [0.05, 0.1) is 11.1 Å². The summed E-state index contributed by atoms with van der Waals surface area (Å²) in [5, 5.41) is 3.16. The number of piperazine rings is 1. The maximum absolute atomic E-state index is 13.7. The number of para-hydroxylation sites is 1. The summed E-state index contributed by atoms with van der Waals surface area (Å²) in [7, 11) is 0. The minimum absolute atomic E-state index is 0.0229. The van der Waals surface area contributed by atoms with Crippen molar-refractivity contribution in [2.45, 2.75) is 45.7 Å². The highest BCUT2D eigenvalue weighted by Crippen LogP contribution is 2.43. The number of halogens is 6. The Hall–Kier alpha value is -3.69. The van der Waals surface area contributed by atoms with Crippen molar-refractivity contribution in [2.75, 3.05) is 24.5 Å². The minimum atomic E-state index is -4.77. The number of H-pyrrole nitrogens is 1. The molecule has 4 heterocycles. The van der Waals surface area contributed by atoms with Crippen molar-refractivity contribution in [3.63, 3.8) is 0 Å². The van der Waals surface area contributed by atoms with Crippen LogP contribution in [-0.2, 0) is 23.7 Å². The highest BCUT2D eigenvalue weighted by Gasteiger charge is 2.39. The van der Waals surface area contributed by atoms with Crippen LogP contribution in [0.3, 0.4) is 0 Å². The first kappa shape index (κ1) is 26.9. The first-order valence-electron chi connectivity index (χ1n) is 11.8. The Morgan fingerprint density at radius 3 is 2.44 bits per heavy atom. The van der Waals surface area contributed by atoms with Gasteiger partial charge in [-0.1, -0.05) is 17.4 Å². The summed E-state index contributed by atoms with van der Waals surface area (Å²) in [6, 6.07) is 3.03. The van der Waals surface area contributed by atoms with Crippen molar-refractivity contribution >= 4 is 33.3 Å². The van der Waals surface area contributed by atoms with E-state index in [0.29, 0.717) is 23.0 Å². The second kappa shape index (κ2) is 9.50. The number of hydrogen-bond donors (Lipinski definition) is 1. The van der Waals surface area contributed by atoms with Crippen LogP contribution in [0.5, 0.6) is 0 Å². The third-order valence-corrected chi connectivity index (χ3v) is 7.54. The summed E-state index contributed by atoms with van der Waals surface area (Å²) < 4.78 is 83.0. The fourth-order valence-electron chi connectivity index (χ4n) is 4.62. The number of nitrogens with zero attached hydrogens (tertiary/aromatic N) is 7. The summed E-state index contributed by atoms with van der Waals surface area (Å²) in [4.78, 5) is 30.9. The van der Waals surface area contributed by atoms with Gasteiger partial charge in [-0.05, 0) is 32.9 Å². The molecule has 1 atom stereocenters. The Morgan fingerprint density at radius 2 is 1.82 bits per heavy atom. The summed E-state index contributed by atoms with van der Waals surface area (Å²) in [6.07, 6.45) is -9.46. The molecule has 208 valence electrons. The number of amides is 1. The van der Waals surface area contributed by atoms with E-state index in [4.69, 9.17) is 0 Å². The van der Waals surface area contributed by atoms with Crippen molar-refractivity contribution in [1.82, 2.24) is 34.6 Å². The average molecular weight is 573 g/mol. The number of benzene rings is 1. The Balaban J connectivity index is 1.45. The number of aryl methyl sites for hydroxylation is 2. The summed E-state index contributed by atoms with van der Waals surface area (Å²) in [5.74, 6) is 0.698. The van der Waals surface area contributed by atoms with E-state index in [1.807, 2.05) is 0 Å². The quantitative estimate of drug-likeness (QED) is 0.357. The Morgan fingerprint density at radius 1 is 1.08 bits per heavy atom. The molecule has 39 heavy (non-hydrogen) atoms. The monoisotopic (exact) mass is 572 g/mol. The van der Waals surface area contributed by atoms with Crippen LogP contribution >= 0.6 is 11.3 Å². The van der Waals surface area contributed by atoms with E-state index in [-0.39, 0.29) is 60.2 Å². The normalized spacial score (nSPS) is 16.9. The zero-order valence-electron chi connectivity index (χ0n) is 20.9. The molecule has 0 unspecified atom stereocenters. The molecule has 9 nitrogen and oxygen atoms in total. The highest BCUT2D eigenvalue weighted by atomic mass is 32.1. The van der Waals surface area contributed by atoms with Gasteiger partial charge < -0.3 is 14.8 Å². The molecule has 0 saturated carbocycles. The largest absolute Gasteiger partial charge is 0.443 e. The fourth-order valence-corrected chi connectivity index (χ4v) is 5.59. The van der Waals surface area contributed by atoms with E-state index in [1.54, 1.807) is 30.6 Å². The van der Waals surface area contributed by atoms with Crippen LogP contribution in [0.1, 0.15) is 29.1 Å². The number of imidazole rings is 1. The van der Waals surface area contributed by atoms with Gasteiger partial charge in [-0.25, -0.2) is 19.6 Å². The molecule has 3 aromatic heterocycles. The lowest BCUT2D eigenvalue weighted by atomic mass is 10.2. The summed E-state index contributed by atoms with van der Waals surface area (Å²) >= 11 is 0.388. The van der Waals surface area contributed by atoms with Gasteiger partial charge in [0.2, 0.25) is 10.9 Å². The highest BCUT2D eigenvalue weighted by molar-refractivity contribution is 7.16. The Kier molecular flexibility index (Phi) is 6.55. The van der Waals surface area contributed by atoms with E-state index in [9.17, 15) is 31.1 Å². The van der Waals surface area contributed by atoms with E-state index in [0.717, 1.165) is 6.07 Å². The van der Waals surface area contributed by atoms with Crippen LogP contribution in [-0.4, -0.2) is 66.2 Å². The molecular formula is C23H22F6N8OS. The number of rotatable bonds is 4. The molecule has 0 radical (unpaired) electrons. The van der Waals surface area contributed by atoms with E-state index < -0.39 is 28.4 Å². The van der Waals surface area contributed by atoms with Crippen LogP contribution < -0.4 is 4.90 Å². The van der Waals surface area contributed by atoms with Crippen molar-refractivity contribution < 1.29 is 31.1 Å². The maximum atomic E-state index is 13.7. The molecule has 0 aliphatic carbocycles. The van der Waals surface area contributed by atoms with Crippen molar-refractivity contribution in [3.05, 3.63) is 40.4 Å². The Bertz CT molecular complexity index is 1540.